The summed E-state index contributed by atoms with van der Waals surface area (Å²) in [6, 6.07) is 1.97. The maximum atomic E-state index is 13.4. The molecule has 0 aromatic heterocycles. The fourth-order valence-electron chi connectivity index (χ4n) is 5.36. The molecule has 1 fully saturated rings. The van der Waals surface area contributed by atoms with Gasteiger partial charge in [-0.3, -0.25) is 28.8 Å². The zero-order valence-electron chi connectivity index (χ0n) is 33.2. The van der Waals surface area contributed by atoms with Crippen LogP contribution in [0.3, 0.4) is 0 Å². The summed E-state index contributed by atoms with van der Waals surface area (Å²) in [7, 11) is 0. The Morgan fingerprint density at radius 1 is 0.782 bits per heavy atom. The lowest BCUT2D eigenvalue weighted by atomic mass is 10.0. The molecule has 0 saturated carbocycles. The maximum Gasteiger partial charge on any atom is 0.514 e. The lowest BCUT2D eigenvalue weighted by molar-refractivity contribution is -0.140. The van der Waals surface area contributed by atoms with Gasteiger partial charge in [0.15, 0.2) is 0 Å². The zero-order chi connectivity index (χ0) is 41.7. The number of hydrogen-bond donors (Lipinski definition) is 6. The molecule has 1 aromatic carbocycles. The van der Waals surface area contributed by atoms with Crippen LogP contribution >= 0.6 is 0 Å². The predicted molar refractivity (Wildman–Crippen MR) is 199 cm³/mol. The molecule has 0 spiro atoms. The zero-order valence-corrected chi connectivity index (χ0v) is 33.2. The summed E-state index contributed by atoms with van der Waals surface area (Å²) in [5.74, 6) is -3.62. The SMILES string of the molecule is CC(C)C[C@@H](NC(=O)[C@H]1CCCN1C(=O)CNC(=O)[C@H](C)NC(=O)[C@@H](Cc1ccc(OC(=O)OC(C)(C)C)cc1)NC(=O)OC(C)(C)C)C(=O)NCC(N)=O. The third kappa shape index (κ3) is 17.1. The molecule has 0 aliphatic carbocycles. The molecule has 1 aliphatic heterocycles. The number of hydrogen-bond acceptors (Lipinski definition) is 11. The molecule has 1 aromatic rings. The molecule has 0 unspecified atom stereocenters. The Labute approximate surface area is 321 Å². The number of carbonyl (C=O) groups is 8. The highest BCUT2D eigenvalue weighted by atomic mass is 16.7. The van der Waals surface area contributed by atoms with Gasteiger partial charge in [-0.1, -0.05) is 26.0 Å². The van der Waals surface area contributed by atoms with Gasteiger partial charge in [-0.2, -0.15) is 0 Å². The first kappa shape index (κ1) is 45.7. The number of likely N-dealkylation sites (tertiary alicyclic amines) is 1. The monoisotopic (exact) mass is 775 g/mol. The number of primary amides is 1. The van der Waals surface area contributed by atoms with E-state index >= 15 is 0 Å². The van der Waals surface area contributed by atoms with Crippen LogP contribution in [0.15, 0.2) is 24.3 Å². The number of nitrogens with zero attached hydrogens (tertiary/aromatic N) is 1. The number of benzene rings is 1. The average molecular weight is 776 g/mol. The van der Waals surface area contributed by atoms with Gasteiger partial charge in [0.2, 0.25) is 35.4 Å². The Hall–Kier alpha value is -5.42. The number of nitrogens with two attached hydrogens (primary N) is 1. The van der Waals surface area contributed by atoms with Gasteiger partial charge >= 0.3 is 12.2 Å². The molecule has 0 radical (unpaired) electrons. The minimum absolute atomic E-state index is 0.0194. The Morgan fingerprint density at radius 2 is 1.38 bits per heavy atom. The van der Waals surface area contributed by atoms with Crippen molar-refractivity contribution in [2.45, 2.75) is 123 Å². The summed E-state index contributed by atoms with van der Waals surface area (Å²) in [5, 5.41) is 12.6. The molecule has 55 heavy (non-hydrogen) atoms. The van der Waals surface area contributed by atoms with Gasteiger partial charge in [0, 0.05) is 13.0 Å². The van der Waals surface area contributed by atoms with E-state index < -0.39 is 89.6 Å². The van der Waals surface area contributed by atoms with Crippen molar-refractivity contribution in [1.82, 2.24) is 31.5 Å². The Kier molecular flexibility index (Phi) is 16.9. The van der Waals surface area contributed by atoms with Crippen molar-refractivity contribution < 1.29 is 52.6 Å². The number of amides is 7. The second-order valence-electron chi connectivity index (χ2n) is 15.7. The van der Waals surface area contributed by atoms with Gasteiger partial charge < -0.3 is 51.4 Å². The molecule has 2 rings (SSSR count). The van der Waals surface area contributed by atoms with E-state index in [9.17, 15) is 38.4 Å². The van der Waals surface area contributed by atoms with Gasteiger partial charge in [-0.25, -0.2) is 9.59 Å². The van der Waals surface area contributed by atoms with E-state index in [0.717, 1.165) is 0 Å². The Morgan fingerprint density at radius 3 is 1.95 bits per heavy atom. The molecule has 7 N–H and O–H groups in total. The maximum absolute atomic E-state index is 13.4. The number of alkyl carbamates (subject to hydrolysis) is 1. The summed E-state index contributed by atoms with van der Waals surface area (Å²) in [6.07, 6.45) is -0.666. The van der Waals surface area contributed by atoms with Crippen molar-refractivity contribution in [3.63, 3.8) is 0 Å². The topological polar surface area (TPSA) is 254 Å². The molecule has 1 saturated heterocycles. The second-order valence-corrected chi connectivity index (χ2v) is 15.7. The van der Waals surface area contributed by atoms with Crippen LogP contribution in [0.2, 0.25) is 0 Å². The van der Waals surface area contributed by atoms with Crippen molar-refractivity contribution in [2.75, 3.05) is 19.6 Å². The third-order valence-corrected chi connectivity index (χ3v) is 7.78. The summed E-state index contributed by atoms with van der Waals surface area (Å²) in [4.78, 5) is 103. The number of nitrogens with one attached hydrogen (secondary N) is 5. The largest absolute Gasteiger partial charge is 0.514 e. The molecular weight excluding hydrogens is 718 g/mol. The highest BCUT2D eigenvalue weighted by Gasteiger charge is 2.36. The van der Waals surface area contributed by atoms with Crippen LogP contribution in [0, 0.1) is 5.92 Å². The molecule has 18 nitrogen and oxygen atoms in total. The minimum atomic E-state index is -1.20. The molecule has 4 atom stereocenters. The highest BCUT2D eigenvalue weighted by molar-refractivity contribution is 5.95. The van der Waals surface area contributed by atoms with Crippen LogP contribution in [0.4, 0.5) is 9.59 Å². The summed E-state index contributed by atoms with van der Waals surface area (Å²) in [6.45, 7) is 14.6. The molecule has 1 aliphatic rings. The lowest BCUT2D eigenvalue weighted by Crippen LogP contribution is -2.56. The van der Waals surface area contributed by atoms with E-state index in [1.807, 2.05) is 13.8 Å². The third-order valence-electron chi connectivity index (χ3n) is 7.78. The first-order chi connectivity index (χ1) is 25.4. The van der Waals surface area contributed by atoms with E-state index in [1.54, 1.807) is 53.7 Å². The normalized spacial score (nSPS) is 15.8. The molecule has 306 valence electrons. The highest BCUT2D eigenvalue weighted by Crippen LogP contribution is 2.19. The van der Waals surface area contributed by atoms with Crippen LogP contribution in [0.1, 0.15) is 87.1 Å². The van der Waals surface area contributed by atoms with E-state index in [1.165, 1.54) is 24.0 Å². The van der Waals surface area contributed by atoms with Gasteiger partial charge in [-0.15, -0.1) is 0 Å². The smallest absolute Gasteiger partial charge is 0.444 e. The first-order valence-corrected chi connectivity index (χ1v) is 18.2. The summed E-state index contributed by atoms with van der Waals surface area (Å²) >= 11 is 0. The minimum Gasteiger partial charge on any atom is -0.444 e. The van der Waals surface area contributed by atoms with Crippen molar-refractivity contribution in [3.05, 3.63) is 29.8 Å². The number of carbonyl (C=O) groups excluding carboxylic acids is 8. The summed E-state index contributed by atoms with van der Waals surface area (Å²) < 4.78 is 15.7. The van der Waals surface area contributed by atoms with Crippen molar-refractivity contribution in [2.24, 2.45) is 11.7 Å². The quantitative estimate of drug-likeness (QED) is 0.103. The van der Waals surface area contributed by atoms with E-state index in [2.05, 4.69) is 26.6 Å². The van der Waals surface area contributed by atoms with Crippen molar-refractivity contribution >= 4 is 47.7 Å². The van der Waals surface area contributed by atoms with Gasteiger partial charge in [-0.05, 0) is 91.3 Å². The molecule has 7 amide bonds. The fraction of sp³-hybridized carbons (Fsp3) is 0.622. The predicted octanol–water partition coefficient (Wildman–Crippen LogP) is 1.18. The fourth-order valence-corrected chi connectivity index (χ4v) is 5.36. The van der Waals surface area contributed by atoms with Gasteiger partial charge in [0.1, 0.15) is 41.1 Å². The van der Waals surface area contributed by atoms with E-state index in [4.69, 9.17) is 19.9 Å². The van der Waals surface area contributed by atoms with E-state index in [-0.39, 0.29) is 37.6 Å². The van der Waals surface area contributed by atoms with Crippen molar-refractivity contribution in [1.29, 1.82) is 0 Å². The molecule has 18 heteroatoms. The van der Waals surface area contributed by atoms with Crippen LogP contribution < -0.4 is 37.1 Å². The van der Waals surface area contributed by atoms with E-state index in [0.29, 0.717) is 18.4 Å². The van der Waals surface area contributed by atoms with Crippen LogP contribution in [-0.2, 0) is 44.7 Å². The first-order valence-electron chi connectivity index (χ1n) is 18.2. The summed E-state index contributed by atoms with van der Waals surface area (Å²) in [5.41, 5.74) is 4.08. The molecule has 1 heterocycles. The van der Waals surface area contributed by atoms with Crippen LogP contribution in [0.25, 0.3) is 0 Å². The number of rotatable bonds is 16. The van der Waals surface area contributed by atoms with Crippen molar-refractivity contribution in [3.8, 4) is 5.75 Å². The standard InChI is InChI=1S/C37H57N7O11/c1-21(2)17-25(31(48)39-19-28(38)45)42-33(50)27-11-10-16-44(27)29(46)20-40-30(47)22(3)41-32(49)26(43-34(51)54-36(4,5)6)18-23-12-14-24(15-13-23)53-35(52)55-37(7,8)9/h12-15,21-22,25-27H,10-11,16-20H2,1-9H3,(H2,38,45)(H,39,48)(H,40,47)(H,41,49)(H,42,50)(H,43,51)/t22-,25+,26+,27+/m0/s1. The average Bonchev–Trinajstić information content (AvgIpc) is 3.54. The Balaban J connectivity index is 2.05. The van der Waals surface area contributed by atoms with Gasteiger partial charge in [0.25, 0.3) is 0 Å². The van der Waals surface area contributed by atoms with Gasteiger partial charge in [0.05, 0.1) is 13.1 Å². The molecule has 0 bridgehead atoms. The van der Waals surface area contributed by atoms with Crippen LogP contribution in [-0.4, -0.2) is 108 Å². The number of ether oxygens (including phenoxy) is 3. The second kappa shape index (κ2) is 20.3. The molecular formula is C37H57N7O11. The lowest BCUT2D eigenvalue weighted by Gasteiger charge is -2.27. The van der Waals surface area contributed by atoms with Crippen LogP contribution in [0.5, 0.6) is 5.75 Å². The Bertz CT molecular complexity index is 1550.